The van der Waals surface area contributed by atoms with Crippen LogP contribution in [0.3, 0.4) is 0 Å². The van der Waals surface area contributed by atoms with Gasteiger partial charge in [-0.05, 0) is 25.0 Å². The predicted octanol–water partition coefficient (Wildman–Crippen LogP) is 1.75. The highest BCUT2D eigenvalue weighted by Gasteiger charge is 2.23. The molecule has 0 saturated heterocycles. The highest BCUT2D eigenvalue weighted by molar-refractivity contribution is 9.10. The second-order valence-corrected chi connectivity index (χ2v) is 7.25. The van der Waals surface area contributed by atoms with Gasteiger partial charge in [-0.25, -0.2) is 8.42 Å². The lowest BCUT2D eigenvalue weighted by molar-refractivity contribution is 0.561. The van der Waals surface area contributed by atoms with E-state index in [0.29, 0.717) is 6.42 Å². The van der Waals surface area contributed by atoms with Gasteiger partial charge in [0.2, 0.25) is 0 Å². The zero-order valence-corrected chi connectivity index (χ0v) is 11.8. The number of sulfone groups is 1. The number of hydrogen-bond donors (Lipinski definition) is 1. The fourth-order valence-corrected chi connectivity index (χ4v) is 2.58. The first-order chi connectivity index (χ1) is 7.32. The molecule has 2 atom stereocenters. The first kappa shape index (κ1) is 13.7. The molecule has 0 bridgehead atoms. The van der Waals surface area contributed by atoms with E-state index in [2.05, 4.69) is 15.9 Å². The summed E-state index contributed by atoms with van der Waals surface area (Å²) in [5.74, 6) is 0. The van der Waals surface area contributed by atoms with Crippen LogP contribution in [0.5, 0.6) is 0 Å². The maximum absolute atomic E-state index is 11.4. The molecule has 0 aliphatic rings. The largest absolute Gasteiger partial charge is 0.326 e. The Bertz CT molecular complexity index is 459. The Kier molecular flexibility index (Phi) is 4.52. The maximum atomic E-state index is 11.4. The molecule has 0 aliphatic heterocycles. The van der Waals surface area contributed by atoms with E-state index in [1.54, 1.807) is 6.92 Å². The number of nitrogens with two attached hydrogens (primary N) is 1. The zero-order chi connectivity index (χ0) is 12.3. The minimum atomic E-state index is -3.08. The summed E-state index contributed by atoms with van der Waals surface area (Å²) in [6.45, 7) is 1.65. The molecule has 0 fully saturated rings. The fourth-order valence-electron chi connectivity index (χ4n) is 1.40. The monoisotopic (exact) mass is 305 g/mol. The average Bonchev–Trinajstić information content (AvgIpc) is 2.19. The first-order valence-electron chi connectivity index (χ1n) is 5.00. The molecule has 3 nitrogen and oxygen atoms in total. The predicted molar refractivity (Wildman–Crippen MR) is 70.1 cm³/mol. The van der Waals surface area contributed by atoms with Gasteiger partial charge in [0.05, 0.1) is 5.25 Å². The van der Waals surface area contributed by atoms with Gasteiger partial charge in [0.15, 0.2) is 9.84 Å². The molecule has 0 spiro atoms. The number of benzene rings is 1. The lowest BCUT2D eigenvalue weighted by atomic mass is 10.0. The third-order valence-electron chi connectivity index (χ3n) is 2.69. The smallest absolute Gasteiger partial charge is 0.151 e. The van der Waals surface area contributed by atoms with Crippen LogP contribution in [0.1, 0.15) is 12.5 Å². The Hall–Kier alpha value is -0.390. The lowest BCUT2D eigenvalue weighted by Crippen LogP contribution is -2.39. The second-order valence-electron chi connectivity index (χ2n) is 3.99. The van der Waals surface area contributed by atoms with Gasteiger partial charge >= 0.3 is 0 Å². The molecule has 2 unspecified atom stereocenters. The van der Waals surface area contributed by atoms with Crippen molar-refractivity contribution in [3.63, 3.8) is 0 Å². The van der Waals surface area contributed by atoms with Crippen molar-refractivity contribution in [2.75, 3.05) is 6.26 Å². The molecule has 0 aliphatic carbocycles. The Morgan fingerprint density at radius 2 is 1.94 bits per heavy atom. The van der Waals surface area contributed by atoms with Crippen molar-refractivity contribution in [3.05, 3.63) is 34.3 Å². The average molecular weight is 306 g/mol. The van der Waals surface area contributed by atoms with Gasteiger partial charge in [-0.1, -0.05) is 34.1 Å². The summed E-state index contributed by atoms with van der Waals surface area (Å²) in [5, 5.41) is -0.528. The van der Waals surface area contributed by atoms with Crippen LogP contribution in [-0.4, -0.2) is 26.0 Å². The molecule has 1 rings (SSSR count). The van der Waals surface area contributed by atoms with E-state index in [-0.39, 0.29) is 6.04 Å². The summed E-state index contributed by atoms with van der Waals surface area (Å²) in [5.41, 5.74) is 6.94. The van der Waals surface area contributed by atoms with Crippen molar-refractivity contribution < 1.29 is 8.42 Å². The second kappa shape index (κ2) is 5.29. The highest BCUT2D eigenvalue weighted by Crippen LogP contribution is 2.18. The van der Waals surface area contributed by atoms with E-state index in [0.717, 1.165) is 10.0 Å². The van der Waals surface area contributed by atoms with Crippen LogP contribution in [0.15, 0.2) is 28.7 Å². The van der Waals surface area contributed by atoms with Crippen LogP contribution in [0, 0.1) is 0 Å². The molecule has 90 valence electrons. The molecule has 0 amide bonds. The molecular formula is C11H16BrNO2S. The van der Waals surface area contributed by atoms with Gasteiger partial charge in [0, 0.05) is 16.8 Å². The van der Waals surface area contributed by atoms with Gasteiger partial charge in [-0.15, -0.1) is 0 Å². The summed E-state index contributed by atoms with van der Waals surface area (Å²) in [7, 11) is -3.08. The van der Waals surface area contributed by atoms with Crippen LogP contribution in [0.25, 0.3) is 0 Å². The minimum Gasteiger partial charge on any atom is -0.326 e. The summed E-state index contributed by atoms with van der Waals surface area (Å²) in [6.07, 6.45) is 1.77. The summed E-state index contributed by atoms with van der Waals surface area (Å²) >= 11 is 3.42. The third-order valence-corrected chi connectivity index (χ3v) is 5.17. The molecule has 0 radical (unpaired) electrons. The number of rotatable bonds is 4. The van der Waals surface area contributed by atoms with Crippen LogP contribution < -0.4 is 5.73 Å². The van der Waals surface area contributed by atoms with Crippen LogP contribution in [0.2, 0.25) is 0 Å². The normalized spacial score (nSPS) is 15.8. The van der Waals surface area contributed by atoms with Crippen molar-refractivity contribution in [2.45, 2.75) is 24.6 Å². The molecule has 16 heavy (non-hydrogen) atoms. The molecule has 0 saturated carbocycles. The van der Waals surface area contributed by atoms with Crippen molar-refractivity contribution in [1.29, 1.82) is 0 Å². The van der Waals surface area contributed by atoms with Gasteiger partial charge in [-0.3, -0.25) is 0 Å². The lowest BCUT2D eigenvalue weighted by Gasteiger charge is -2.18. The molecular weight excluding hydrogens is 290 g/mol. The molecule has 1 aromatic carbocycles. The number of halogens is 1. The van der Waals surface area contributed by atoms with Crippen molar-refractivity contribution in [3.8, 4) is 0 Å². The SMILES string of the molecule is CC(C(N)Cc1ccccc1Br)S(C)(=O)=O. The van der Waals surface area contributed by atoms with E-state index in [9.17, 15) is 8.42 Å². The third kappa shape index (κ3) is 3.57. The van der Waals surface area contributed by atoms with Crippen LogP contribution in [-0.2, 0) is 16.3 Å². The Morgan fingerprint density at radius 3 is 2.44 bits per heavy atom. The molecule has 5 heteroatoms. The van der Waals surface area contributed by atoms with Crippen molar-refractivity contribution >= 4 is 25.8 Å². The maximum Gasteiger partial charge on any atom is 0.151 e. The van der Waals surface area contributed by atoms with Crippen molar-refractivity contribution in [2.24, 2.45) is 5.73 Å². The molecule has 1 aromatic rings. The van der Waals surface area contributed by atoms with Gasteiger partial charge in [-0.2, -0.15) is 0 Å². The van der Waals surface area contributed by atoms with Crippen LogP contribution >= 0.6 is 15.9 Å². The number of hydrogen-bond acceptors (Lipinski definition) is 3. The first-order valence-corrected chi connectivity index (χ1v) is 7.75. The quantitative estimate of drug-likeness (QED) is 0.922. The standard InChI is InChI=1S/C11H16BrNO2S/c1-8(16(2,14)15)11(13)7-9-5-3-4-6-10(9)12/h3-6,8,11H,7,13H2,1-2H3. The molecule has 0 aromatic heterocycles. The van der Waals surface area contributed by atoms with Gasteiger partial charge in [0.25, 0.3) is 0 Å². The minimum absolute atomic E-state index is 0.381. The van der Waals surface area contributed by atoms with Crippen molar-refractivity contribution in [1.82, 2.24) is 0 Å². The Morgan fingerprint density at radius 1 is 1.38 bits per heavy atom. The van der Waals surface area contributed by atoms with Gasteiger partial charge < -0.3 is 5.73 Å². The Balaban J connectivity index is 2.80. The Labute approximate surface area is 105 Å². The van der Waals surface area contributed by atoms with Crippen LogP contribution in [0.4, 0.5) is 0 Å². The highest BCUT2D eigenvalue weighted by atomic mass is 79.9. The van der Waals surface area contributed by atoms with E-state index in [1.165, 1.54) is 6.26 Å². The summed E-state index contributed by atoms with van der Waals surface area (Å²) in [4.78, 5) is 0. The van der Waals surface area contributed by atoms with E-state index >= 15 is 0 Å². The fraction of sp³-hybridized carbons (Fsp3) is 0.455. The summed E-state index contributed by atoms with van der Waals surface area (Å²) in [6, 6.07) is 7.32. The van der Waals surface area contributed by atoms with E-state index < -0.39 is 15.1 Å². The van der Waals surface area contributed by atoms with E-state index in [4.69, 9.17) is 5.73 Å². The van der Waals surface area contributed by atoms with Gasteiger partial charge in [0.1, 0.15) is 0 Å². The molecule has 0 heterocycles. The zero-order valence-electron chi connectivity index (χ0n) is 9.35. The topological polar surface area (TPSA) is 60.2 Å². The van der Waals surface area contributed by atoms with E-state index in [1.807, 2.05) is 24.3 Å². The summed E-state index contributed by atoms with van der Waals surface area (Å²) < 4.78 is 23.7. The molecule has 2 N–H and O–H groups in total.